The first kappa shape index (κ1) is 20.1. The molecule has 2 fully saturated rings. The number of unbranched alkanes of at least 4 members (excludes halogenated alkanes) is 1. The van der Waals surface area contributed by atoms with Gasteiger partial charge in [0.2, 0.25) is 5.91 Å². The van der Waals surface area contributed by atoms with E-state index in [-0.39, 0.29) is 18.0 Å². The molecule has 2 rings (SSSR count). The van der Waals surface area contributed by atoms with E-state index in [1.165, 1.54) is 0 Å². The van der Waals surface area contributed by atoms with Crippen LogP contribution in [0.1, 0.15) is 25.7 Å². The van der Waals surface area contributed by atoms with Gasteiger partial charge >= 0.3 is 6.03 Å². The van der Waals surface area contributed by atoms with Gasteiger partial charge in [-0.15, -0.1) is 0 Å². The van der Waals surface area contributed by atoms with Crippen LogP contribution in [0.4, 0.5) is 4.79 Å². The van der Waals surface area contributed by atoms with Crippen LogP contribution in [0.15, 0.2) is 0 Å². The summed E-state index contributed by atoms with van der Waals surface area (Å²) in [6, 6.07) is 0.532. The topological polar surface area (TPSA) is 82.3 Å². The van der Waals surface area contributed by atoms with Crippen LogP contribution in [0.2, 0.25) is 0 Å². The molecule has 0 aromatic heterocycles. The number of hydrogen-bond donors (Lipinski definition) is 4. The van der Waals surface area contributed by atoms with Crippen LogP contribution in [0.3, 0.4) is 0 Å². The van der Waals surface area contributed by atoms with Crippen LogP contribution in [-0.4, -0.2) is 66.7 Å². The van der Waals surface area contributed by atoms with Crippen LogP contribution in [0, 0.1) is 0 Å². The lowest BCUT2D eigenvalue weighted by atomic mass is 10.0. The summed E-state index contributed by atoms with van der Waals surface area (Å²) < 4.78 is 0. The van der Waals surface area contributed by atoms with Gasteiger partial charge < -0.3 is 21.3 Å². The van der Waals surface area contributed by atoms with E-state index in [0.29, 0.717) is 17.7 Å². The van der Waals surface area contributed by atoms with E-state index in [1.54, 1.807) is 0 Å². The fourth-order valence-electron chi connectivity index (χ4n) is 2.86. The quantitative estimate of drug-likeness (QED) is 0.229. The normalized spacial score (nSPS) is 25.2. The first-order chi connectivity index (χ1) is 11.7. The van der Waals surface area contributed by atoms with Crippen molar-refractivity contribution in [1.82, 2.24) is 21.3 Å². The summed E-state index contributed by atoms with van der Waals surface area (Å²) in [5, 5.41) is 12.5. The van der Waals surface area contributed by atoms with Gasteiger partial charge in [0, 0.05) is 42.0 Å². The average Bonchev–Trinajstić information content (AvgIpc) is 3.10. The van der Waals surface area contributed by atoms with Crippen molar-refractivity contribution in [3.05, 3.63) is 0 Å². The standard InChI is InChI=1S/C15H28N4O2S3/c1-16-6-8-23-24-9-7-17-13(20)5-3-2-4-12-14-11(10-22-12)18-15(21)19-14/h11-12,14,16H,2-10H2,1H3,(H,17,20)(H2,18,19,21). The zero-order chi connectivity index (χ0) is 17.2. The fraction of sp³-hybridized carbons (Fsp3) is 0.867. The Kier molecular flexibility index (Phi) is 9.52. The van der Waals surface area contributed by atoms with E-state index < -0.39 is 0 Å². The van der Waals surface area contributed by atoms with Crippen molar-refractivity contribution in [3.63, 3.8) is 0 Å². The third-order valence-electron chi connectivity index (χ3n) is 4.11. The molecule has 3 amide bonds. The molecular formula is C15H28N4O2S3. The molecule has 24 heavy (non-hydrogen) atoms. The third kappa shape index (κ3) is 6.93. The van der Waals surface area contributed by atoms with Gasteiger partial charge in [-0.1, -0.05) is 28.0 Å². The summed E-state index contributed by atoms with van der Waals surface area (Å²) in [6.45, 7) is 1.76. The molecule has 2 saturated heterocycles. The Morgan fingerprint density at radius 2 is 2.04 bits per heavy atom. The van der Waals surface area contributed by atoms with Crippen LogP contribution in [0.25, 0.3) is 0 Å². The summed E-state index contributed by atoms with van der Waals surface area (Å²) >= 11 is 1.93. The van der Waals surface area contributed by atoms with Crippen LogP contribution in [0.5, 0.6) is 0 Å². The van der Waals surface area contributed by atoms with Gasteiger partial charge in [-0.2, -0.15) is 11.8 Å². The molecule has 6 nitrogen and oxygen atoms in total. The number of carbonyl (C=O) groups excluding carboxylic acids is 2. The van der Waals surface area contributed by atoms with Gasteiger partial charge in [0.25, 0.3) is 0 Å². The molecule has 0 aliphatic carbocycles. The summed E-state index contributed by atoms with van der Waals surface area (Å²) in [5.41, 5.74) is 0. The number of nitrogens with one attached hydrogen (secondary N) is 4. The van der Waals surface area contributed by atoms with E-state index in [4.69, 9.17) is 0 Å². The molecule has 0 aromatic carbocycles. The van der Waals surface area contributed by atoms with E-state index in [9.17, 15) is 9.59 Å². The van der Waals surface area contributed by atoms with E-state index in [0.717, 1.165) is 49.6 Å². The largest absolute Gasteiger partial charge is 0.355 e. The number of rotatable bonds is 12. The Hall–Kier alpha value is -0.250. The minimum absolute atomic E-state index is 0.0309. The lowest BCUT2D eigenvalue weighted by Crippen LogP contribution is -2.36. The first-order valence-electron chi connectivity index (χ1n) is 8.55. The smallest absolute Gasteiger partial charge is 0.315 e. The minimum Gasteiger partial charge on any atom is -0.355 e. The zero-order valence-electron chi connectivity index (χ0n) is 14.1. The highest BCUT2D eigenvalue weighted by atomic mass is 33.1. The van der Waals surface area contributed by atoms with E-state index in [1.807, 2.05) is 40.4 Å². The Balaban J connectivity index is 1.43. The Morgan fingerprint density at radius 1 is 1.25 bits per heavy atom. The summed E-state index contributed by atoms with van der Waals surface area (Å²) in [5.74, 6) is 3.20. The number of carbonyl (C=O) groups is 2. The molecule has 0 aromatic rings. The van der Waals surface area contributed by atoms with Crippen molar-refractivity contribution < 1.29 is 9.59 Å². The maximum Gasteiger partial charge on any atom is 0.315 e. The van der Waals surface area contributed by atoms with Gasteiger partial charge in [-0.25, -0.2) is 4.79 Å². The van der Waals surface area contributed by atoms with Crippen molar-refractivity contribution in [3.8, 4) is 0 Å². The number of fused-ring (bicyclic) bond motifs is 1. The van der Waals surface area contributed by atoms with Crippen molar-refractivity contribution >= 4 is 45.3 Å². The molecule has 0 saturated carbocycles. The number of urea groups is 1. The van der Waals surface area contributed by atoms with Crippen LogP contribution < -0.4 is 21.3 Å². The van der Waals surface area contributed by atoms with Crippen molar-refractivity contribution in [2.75, 3.05) is 37.4 Å². The second-order valence-electron chi connectivity index (χ2n) is 5.97. The zero-order valence-corrected chi connectivity index (χ0v) is 16.6. The lowest BCUT2D eigenvalue weighted by molar-refractivity contribution is -0.121. The van der Waals surface area contributed by atoms with Crippen LogP contribution >= 0.6 is 33.3 Å². The van der Waals surface area contributed by atoms with Crippen molar-refractivity contribution in [2.45, 2.75) is 43.0 Å². The highest BCUT2D eigenvalue weighted by molar-refractivity contribution is 8.76. The third-order valence-corrected chi connectivity index (χ3v) is 8.02. The molecule has 2 aliphatic rings. The summed E-state index contributed by atoms with van der Waals surface area (Å²) in [7, 11) is 5.60. The second kappa shape index (κ2) is 11.4. The number of hydrogen-bond acceptors (Lipinski definition) is 6. The van der Waals surface area contributed by atoms with Gasteiger partial charge in [-0.05, 0) is 19.9 Å². The van der Waals surface area contributed by atoms with Gasteiger partial charge in [0.1, 0.15) is 0 Å². The number of amides is 3. The molecule has 9 heteroatoms. The predicted octanol–water partition coefficient (Wildman–Crippen LogP) is 1.43. The molecule has 0 spiro atoms. The monoisotopic (exact) mass is 392 g/mol. The molecule has 3 atom stereocenters. The number of thioether (sulfide) groups is 1. The molecule has 138 valence electrons. The van der Waals surface area contributed by atoms with Gasteiger partial charge in [-0.3, -0.25) is 4.79 Å². The van der Waals surface area contributed by atoms with Crippen molar-refractivity contribution in [2.24, 2.45) is 0 Å². The Labute approximate surface area is 156 Å². The van der Waals surface area contributed by atoms with Crippen LogP contribution in [-0.2, 0) is 4.79 Å². The van der Waals surface area contributed by atoms with Crippen molar-refractivity contribution in [1.29, 1.82) is 0 Å². The Morgan fingerprint density at radius 3 is 2.83 bits per heavy atom. The maximum absolute atomic E-state index is 11.8. The van der Waals surface area contributed by atoms with Gasteiger partial charge in [0.05, 0.1) is 12.1 Å². The highest BCUT2D eigenvalue weighted by Gasteiger charge is 2.42. The predicted molar refractivity (Wildman–Crippen MR) is 106 cm³/mol. The SMILES string of the molecule is CNCCSSCCNC(=O)CCCCC1SCC2NC(=O)NC21. The highest BCUT2D eigenvalue weighted by Crippen LogP contribution is 2.33. The summed E-state index contributed by atoms with van der Waals surface area (Å²) in [6.07, 6.45) is 3.64. The average molecular weight is 393 g/mol. The molecule has 3 unspecified atom stereocenters. The lowest BCUT2D eigenvalue weighted by Gasteiger charge is -2.16. The summed E-state index contributed by atoms with van der Waals surface area (Å²) in [4.78, 5) is 23.1. The molecule has 0 bridgehead atoms. The molecule has 2 aliphatic heterocycles. The molecule has 2 heterocycles. The first-order valence-corrected chi connectivity index (χ1v) is 12.1. The molecule has 4 N–H and O–H groups in total. The molecular weight excluding hydrogens is 364 g/mol. The van der Waals surface area contributed by atoms with Gasteiger partial charge in [0.15, 0.2) is 0 Å². The Bertz CT molecular complexity index is 414. The minimum atomic E-state index is -0.0309. The molecule has 0 radical (unpaired) electrons. The van der Waals surface area contributed by atoms with E-state index in [2.05, 4.69) is 21.3 Å². The fourth-order valence-corrected chi connectivity index (χ4v) is 6.32. The van der Waals surface area contributed by atoms with E-state index >= 15 is 0 Å². The second-order valence-corrected chi connectivity index (χ2v) is 9.94. The maximum atomic E-state index is 11.8.